The average molecular weight is 242 g/mol. The summed E-state index contributed by atoms with van der Waals surface area (Å²) in [7, 11) is 2.09. The fraction of sp³-hybridized carbons (Fsp3) is 0.538. The molecule has 0 aliphatic rings. The standard InChI is InChI=1S/C13H20ClNO/c1-11(15(2)9-5-6-10-16)12-7-3-4-8-13(12)14/h3-4,7-8,11,16H,5-6,9-10H2,1-2H3. The van der Waals surface area contributed by atoms with E-state index in [-0.39, 0.29) is 6.61 Å². The molecule has 16 heavy (non-hydrogen) atoms. The molecule has 1 atom stereocenters. The first-order valence-corrected chi connectivity index (χ1v) is 6.10. The molecule has 0 radical (unpaired) electrons. The van der Waals surface area contributed by atoms with Crippen LogP contribution in [0, 0.1) is 0 Å². The summed E-state index contributed by atoms with van der Waals surface area (Å²) in [4.78, 5) is 2.26. The molecule has 1 aromatic carbocycles. The van der Waals surface area contributed by atoms with Crippen molar-refractivity contribution in [2.75, 3.05) is 20.2 Å². The number of benzene rings is 1. The number of hydrogen-bond donors (Lipinski definition) is 1. The molecule has 2 nitrogen and oxygen atoms in total. The highest BCUT2D eigenvalue weighted by molar-refractivity contribution is 6.31. The van der Waals surface area contributed by atoms with Crippen molar-refractivity contribution in [3.8, 4) is 0 Å². The minimum atomic E-state index is 0.272. The molecular weight excluding hydrogens is 222 g/mol. The van der Waals surface area contributed by atoms with Gasteiger partial charge >= 0.3 is 0 Å². The summed E-state index contributed by atoms with van der Waals surface area (Å²) in [6, 6.07) is 8.26. The molecule has 1 aromatic rings. The summed E-state index contributed by atoms with van der Waals surface area (Å²) >= 11 is 6.16. The van der Waals surface area contributed by atoms with Gasteiger partial charge in [-0.05, 0) is 45.0 Å². The molecule has 0 amide bonds. The lowest BCUT2D eigenvalue weighted by atomic mass is 10.1. The molecule has 1 rings (SSSR count). The van der Waals surface area contributed by atoms with Gasteiger partial charge in [-0.2, -0.15) is 0 Å². The van der Waals surface area contributed by atoms with Crippen molar-refractivity contribution in [2.24, 2.45) is 0 Å². The maximum Gasteiger partial charge on any atom is 0.0453 e. The highest BCUT2D eigenvalue weighted by Gasteiger charge is 2.13. The average Bonchev–Trinajstić information content (AvgIpc) is 2.29. The zero-order chi connectivity index (χ0) is 12.0. The number of halogens is 1. The van der Waals surface area contributed by atoms with Crippen molar-refractivity contribution in [3.05, 3.63) is 34.9 Å². The van der Waals surface area contributed by atoms with Gasteiger partial charge in [0.1, 0.15) is 0 Å². The zero-order valence-corrected chi connectivity index (χ0v) is 10.7. The second-order valence-electron chi connectivity index (χ2n) is 4.11. The minimum absolute atomic E-state index is 0.272. The van der Waals surface area contributed by atoms with Gasteiger partial charge in [-0.3, -0.25) is 4.90 Å². The Morgan fingerprint density at radius 2 is 2.00 bits per heavy atom. The van der Waals surface area contributed by atoms with E-state index in [0.717, 1.165) is 30.0 Å². The van der Waals surface area contributed by atoms with Gasteiger partial charge in [0.05, 0.1) is 0 Å². The van der Waals surface area contributed by atoms with Gasteiger partial charge in [0, 0.05) is 17.7 Å². The number of aliphatic hydroxyl groups is 1. The minimum Gasteiger partial charge on any atom is -0.396 e. The normalized spacial score (nSPS) is 13.1. The summed E-state index contributed by atoms with van der Waals surface area (Å²) in [5.41, 5.74) is 1.16. The zero-order valence-electron chi connectivity index (χ0n) is 9.99. The fourth-order valence-corrected chi connectivity index (χ4v) is 2.01. The molecule has 0 aliphatic carbocycles. The first-order chi connectivity index (χ1) is 7.66. The number of nitrogens with zero attached hydrogens (tertiary/aromatic N) is 1. The van der Waals surface area contributed by atoms with Crippen molar-refractivity contribution in [3.63, 3.8) is 0 Å². The maximum absolute atomic E-state index is 8.74. The fourth-order valence-electron chi connectivity index (χ4n) is 1.72. The third-order valence-electron chi connectivity index (χ3n) is 2.94. The van der Waals surface area contributed by atoms with Gasteiger partial charge in [0.2, 0.25) is 0 Å². The SMILES string of the molecule is CC(c1ccccc1Cl)N(C)CCCCO. The summed E-state index contributed by atoms with van der Waals surface area (Å²) in [5.74, 6) is 0. The quantitative estimate of drug-likeness (QED) is 0.774. The maximum atomic E-state index is 8.74. The first kappa shape index (κ1) is 13.5. The van der Waals surface area contributed by atoms with E-state index < -0.39 is 0 Å². The lowest BCUT2D eigenvalue weighted by Gasteiger charge is -2.25. The van der Waals surface area contributed by atoms with Gasteiger partial charge in [-0.25, -0.2) is 0 Å². The molecule has 0 aliphatic heterocycles. The molecule has 1 N–H and O–H groups in total. The van der Waals surface area contributed by atoms with Crippen LogP contribution in [0.25, 0.3) is 0 Å². The van der Waals surface area contributed by atoms with Crippen LogP contribution in [0.3, 0.4) is 0 Å². The van der Waals surface area contributed by atoms with Crippen molar-refractivity contribution in [2.45, 2.75) is 25.8 Å². The van der Waals surface area contributed by atoms with Crippen molar-refractivity contribution in [1.29, 1.82) is 0 Å². The highest BCUT2D eigenvalue weighted by Crippen LogP contribution is 2.26. The molecule has 0 saturated carbocycles. The van der Waals surface area contributed by atoms with Crippen LogP contribution in [0.5, 0.6) is 0 Å². The summed E-state index contributed by atoms with van der Waals surface area (Å²) in [6.45, 7) is 3.40. The molecule has 3 heteroatoms. The van der Waals surface area contributed by atoms with Gasteiger partial charge in [-0.1, -0.05) is 29.8 Å². The predicted molar refractivity (Wildman–Crippen MR) is 68.8 cm³/mol. The predicted octanol–water partition coefficient (Wildman–Crippen LogP) is 3.11. The largest absolute Gasteiger partial charge is 0.396 e. The smallest absolute Gasteiger partial charge is 0.0453 e. The molecule has 0 fully saturated rings. The van der Waals surface area contributed by atoms with E-state index in [1.165, 1.54) is 0 Å². The van der Waals surface area contributed by atoms with E-state index in [0.29, 0.717) is 6.04 Å². The second kappa shape index (κ2) is 6.89. The van der Waals surface area contributed by atoms with Crippen molar-refractivity contribution < 1.29 is 5.11 Å². The third-order valence-corrected chi connectivity index (χ3v) is 3.28. The van der Waals surface area contributed by atoms with Crippen molar-refractivity contribution in [1.82, 2.24) is 4.90 Å². The molecule has 0 saturated heterocycles. The van der Waals surface area contributed by atoms with Crippen LogP contribution in [0.4, 0.5) is 0 Å². The Morgan fingerprint density at radius 1 is 1.31 bits per heavy atom. The van der Waals surface area contributed by atoms with Crippen LogP contribution in [-0.4, -0.2) is 30.2 Å². The van der Waals surface area contributed by atoms with Crippen LogP contribution in [0.1, 0.15) is 31.4 Å². The van der Waals surface area contributed by atoms with E-state index in [2.05, 4.69) is 24.9 Å². The third kappa shape index (κ3) is 3.78. The van der Waals surface area contributed by atoms with E-state index in [1.807, 2.05) is 18.2 Å². The Morgan fingerprint density at radius 3 is 2.62 bits per heavy atom. The molecular formula is C13H20ClNO. The van der Waals surface area contributed by atoms with Gasteiger partial charge in [0.25, 0.3) is 0 Å². The Hall–Kier alpha value is -0.570. The van der Waals surface area contributed by atoms with Crippen LogP contribution in [0.15, 0.2) is 24.3 Å². The Kier molecular flexibility index (Phi) is 5.81. The lowest BCUT2D eigenvalue weighted by molar-refractivity contribution is 0.234. The van der Waals surface area contributed by atoms with Crippen LogP contribution >= 0.6 is 11.6 Å². The number of hydrogen-bond acceptors (Lipinski definition) is 2. The second-order valence-corrected chi connectivity index (χ2v) is 4.52. The first-order valence-electron chi connectivity index (χ1n) is 5.72. The lowest BCUT2D eigenvalue weighted by Crippen LogP contribution is -2.24. The van der Waals surface area contributed by atoms with E-state index in [1.54, 1.807) is 0 Å². The molecule has 1 unspecified atom stereocenters. The van der Waals surface area contributed by atoms with Crippen LogP contribution in [0.2, 0.25) is 5.02 Å². The summed E-state index contributed by atoms with van der Waals surface area (Å²) < 4.78 is 0. The van der Waals surface area contributed by atoms with Gasteiger partial charge < -0.3 is 5.11 Å². The van der Waals surface area contributed by atoms with Crippen LogP contribution in [-0.2, 0) is 0 Å². The molecule has 0 bridgehead atoms. The Labute approximate surface area is 103 Å². The Bertz CT molecular complexity index is 317. The van der Waals surface area contributed by atoms with Gasteiger partial charge in [0.15, 0.2) is 0 Å². The van der Waals surface area contributed by atoms with E-state index in [4.69, 9.17) is 16.7 Å². The summed E-state index contributed by atoms with van der Waals surface area (Å²) in [5, 5.41) is 9.56. The van der Waals surface area contributed by atoms with E-state index >= 15 is 0 Å². The molecule has 0 heterocycles. The molecule has 0 spiro atoms. The summed E-state index contributed by atoms with van der Waals surface area (Å²) in [6.07, 6.45) is 1.88. The number of rotatable bonds is 6. The highest BCUT2D eigenvalue weighted by atomic mass is 35.5. The molecule has 90 valence electrons. The molecule has 0 aromatic heterocycles. The van der Waals surface area contributed by atoms with Crippen LogP contribution < -0.4 is 0 Å². The monoisotopic (exact) mass is 241 g/mol. The Balaban J connectivity index is 2.56. The van der Waals surface area contributed by atoms with Gasteiger partial charge in [-0.15, -0.1) is 0 Å². The number of unbranched alkanes of at least 4 members (excludes halogenated alkanes) is 1. The topological polar surface area (TPSA) is 23.5 Å². The number of aliphatic hydroxyl groups excluding tert-OH is 1. The van der Waals surface area contributed by atoms with E-state index in [9.17, 15) is 0 Å². The van der Waals surface area contributed by atoms with Crippen molar-refractivity contribution >= 4 is 11.6 Å².